The van der Waals surface area contributed by atoms with Gasteiger partial charge in [0.2, 0.25) is 11.7 Å². The monoisotopic (exact) mass is 358 g/mol. The molecule has 1 aliphatic carbocycles. The average Bonchev–Trinajstić information content (AvgIpc) is 2.58. The van der Waals surface area contributed by atoms with E-state index < -0.39 is 19.0 Å². The highest BCUT2D eigenvalue weighted by atomic mass is 16.4. The van der Waals surface area contributed by atoms with E-state index in [0.717, 1.165) is 0 Å². The number of Topliss-reactive ketones (excluding diaryl/α,β-unsaturated/α-hetero) is 2. The molecule has 0 aliphatic heterocycles. The molecule has 0 bridgehead atoms. The maximum atomic E-state index is 12.6. The van der Waals surface area contributed by atoms with Gasteiger partial charge in [-0.15, -0.1) is 0 Å². The SMILES string of the molecule is CC1=C(NCC(=O)N[C@@H](CC(C)C)B(O)O)C(=O)c2ccccc2C1=O. The van der Waals surface area contributed by atoms with Gasteiger partial charge >= 0.3 is 7.12 Å². The molecule has 26 heavy (non-hydrogen) atoms. The van der Waals surface area contributed by atoms with Crippen LogP contribution in [0, 0.1) is 5.92 Å². The number of fused-ring (bicyclic) bond motifs is 1. The van der Waals surface area contributed by atoms with E-state index in [-0.39, 0.29) is 35.3 Å². The van der Waals surface area contributed by atoms with E-state index in [1.165, 1.54) is 6.92 Å². The van der Waals surface area contributed by atoms with Crippen molar-refractivity contribution in [3.63, 3.8) is 0 Å². The highest BCUT2D eigenvalue weighted by molar-refractivity contribution is 6.43. The standard InChI is InChI=1S/C18H23BN2O5/c1-10(2)8-14(19(25)26)21-15(22)9-20-16-11(3)17(23)12-6-4-5-7-13(12)18(16)24/h4-7,10,14,20,25-26H,8-9H2,1-3H3,(H,21,22)/t14-/m0/s1. The van der Waals surface area contributed by atoms with E-state index >= 15 is 0 Å². The van der Waals surface area contributed by atoms with Crippen LogP contribution < -0.4 is 10.6 Å². The molecule has 0 unspecified atom stereocenters. The molecule has 1 aromatic rings. The normalized spacial score (nSPS) is 15.0. The van der Waals surface area contributed by atoms with Crippen LogP contribution in [0.25, 0.3) is 0 Å². The second-order valence-electron chi connectivity index (χ2n) is 6.77. The Hall–Kier alpha value is -2.45. The van der Waals surface area contributed by atoms with Crippen molar-refractivity contribution in [2.75, 3.05) is 6.54 Å². The Morgan fingerprint density at radius 1 is 1.12 bits per heavy atom. The molecule has 0 fully saturated rings. The Labute approximate surface area is 152 Å². The Balaban J connectivity index is 2.07. The van der Waals surface area contributed by atoms with Crippen molar-refractivity contribution in [2.45, 2.75) is 33.1 Å². The topological polar surface area (TPSA) is 116 Å². The first-order valence-corrected chi connectivity index (χ1v) is 8.51. The molecule has 1 amide bonds. The minimum absolute atomic E-state index is 0.0915. The number of carbonyl (C=O) groups is 3. The number of amides is 1. The van der Waals surface area contributed by atoms with Crippen molar-refractivity contribution in [1.29, 1.82) is 0 Å². The average molecular weight is 358 g/mol. The quantitative estimate of drug-likeness (QED) is 0.527. The predicted octanol–water partition coefficient (Wildman–Crippen LogP) is 0.472. The maximum Gasteiger partial charge on any atom is 0.475 e. The lowest BCUT2D eigenvalue weighted by Crippen LogP contribution is -2.49. The molecular formula is C18H23BN2O5. The van der Waals surface area contributed by atoms with E-state index in [2.05, 4.69) is 10.6 Å². The number of benzene rings is 1. The molecule has 4 N–H and O–H groups in total. The molecule has 1 atom stereocenters. The summed E-state index contributed by atoms with van der Waals surface area (Å²) < 4.78 is 0. The van der Waals surface area contributed by atoms with Crippen LogP contribution >= 0.6 is 0 Å². The minimum Gasteiger partial charge on any atom is -0.426 e. The van der Waals surface area contributed by atoms with Gasteiger partial charge in [0.25, 0.3) is 0 Å². The largest absolute Gasteiger partial charge is 0.475 e. The zero-order valence-corrected chi connectivity index (χ0v) is 15.1. The first-order valence-electron chi connectivity index (χ1n) is 8.51. The van der Waals surface area contributed by atoms with Gasteiger partial charge in [-0.2, -0.15) is 0 Å². The number of ketones is 2. The van der Waals surface area contributed by atoms with Crippen molar-refractivity contribution < 1.29 is 24.4 Å². The van der Waals surface area contributed by atoms with Crippen molar-refractivity contribution in [2.24, 2.45) is 5.92 Å². The molecule has 1 aromatic carbocycles. The highest BCUT2D eigenvalue weighted by Crippen LogP contribution is 2.24. The maximum absolute atomic E-state index is 12.6. The second kappa shape index (κ2) is 8.29. The fourth-order valence-corrected chi connectivity index (χ4v) is 2.90. The molecule has 138 valence electrons. The van der Waals surface area contributed by atoms with Crippen molar-refractivity contribution in [3.8, 4) is 0 Å². The van der Waals surface area contributed by atoms with Crippen LogP contribution in [0.4, 0.5) is 0 Å². The third kappa shape index (κ3) is 4.39. The third-order valence-corrected chi connectivity index (χ3v) is 4.22. The number of hydrogen-bond acceptors (Lipinski definition) is 6. The van der Waals surface area contributed by atoms with E-state index in [9.17, 15) is 24.4 Å². The third-order valence-electron chi connectivity index (χ3n) is 4.22. The van der Waals surface area contributed by atoms with Gasteiger partial charge < -0.3 is 20.7 Å². The van der Waals surface area contributed by atoms with Crippen LogP contribution in [0.15, 0.2) is 35.5 Å². The summed E-state index contributed by atoms with van der Waals surface area (Å²) in [5.74, 6) is -1.74. The lowest BCUT2D eigenvalue weighted by molar-refractivity contribution is -0.120. The Bertz CT molecular complexity index is 758. The van der Waals surface area contributed by atoms with Gasteiger partial charge in [-0.05, 0) is 19.3 Å². The van der Waals surface area contributed by atoms with Gasteiger partial charge in [0.1, 0.15) is 0 Å². The van der Waals surface area contributed by atoms with E-state index in [1.807, 2.05) is 13.8 Å². The fraction of sp³-hybridized carbons (Fsp3) is 0.389. The number of carbonyl (C=O) groups excluding carboxylic acids is 3. The molecule has 1 aliphatic rings. The number of hydrogen-bond donors (Lipinski definition) is 4. The van der Waals surface area contributed by atoms with Crippen LogP contribution in [0.3, 0.4) is 0 Å². The Kier molecular flexibility index (Phi) is 6.34. The fourth-order valence-electron chi connectivity index (χ4n) is 2.90. The summed E-state index contributed by atoms with van der Waals surface area (Å²) in [6, 6.07) is 6.54. The summed E-state index contributed by atoms with van der Waals surface area (Å²) in [7, 11) is -1.67. The van der Waals surface area contributed by atoms with E-state index in [4.69, 9.17) is 0 Å². The summed E-state index contributed by atoms with van der Waals surface area (Å²) in [4.78, 5) is 37.1. The highest BCUT2D eigenvalue weighted by Gasteiger charge is 2.30. The van der Waals surface area contributed by atoms with Gasteiger partial charge in [0.05, 0.1) is 18.2 Å². The molecule has 0 heterocycles. The van der Waals surface area contributed by atoms with Gasteiger partial charge in [-0.1, -0.05) is 38.1 Å². The van der Waals surface area contributed by atoms with Crippen LogP contribution in [-0.4, -0.2) is 47.1 Å². The van der Waals surface area contributed by atoms with Crippen LogP contribution in [0.5, 0.6) is 0 Å². The molecule has 0 saturated carbocycles. The smallest absolute Gasteiger partial charge is 0.426 e. The lowest BCUT2D eigenvalue weighted by Gasteiger charge is -2.22. The zero-order chi connectivity index (χ0) is 19.4. The zero-order valence-electron chi connectivity index (χ0n) is 15.1. The molecule has 8 heteroatoms. The van der Waals surface area contributed by atoms with Crippen LogP contribution in [0.1, 0.15) is 47.9 Å². The molecule has 7 nitrogen and oxygen atoms in total. The number of allylic oxidation sites excluding steroid dienone is 2. The first kappa shape index (κ1) is 19.9. The van der Waals surface area contributed by atoms with E-state index in [0.29, 0.717) is 17.5 Å². The van der Waals surface area contributed by atoms with Gasteiger partial charge in [-0.25, -0.2) is 0 Å². The first-order chi connectivity index (χ1) is 12.2. The van der Waals surface area contributed by atoms with Crippen LogP contribution in [0.2, 0.25) is 0 Å². The lowest BCUT2D eigenvalue weighted by atomic mass is 9.75. The molecule has 0 radical (unpaired) electrons. The summed E-state index contributed by atoms with van der Waals surface area (Å²) in [5, 5.41) is 24.0. The van der Waals surface area contributed by atoms with Gasteiger partial charge in [-0.3, -0.25) is 14.4 Å². The van der Waals surface area contributed by atoms with E-state index in [1.54, 1.807) is 24.3 Å². The van der Waals surface area contributed by atoms with Crippen molar-refractivity contribution in [3.05, 3.63) is 46.7 Å². The number of nitrogens with one attached hydrogen (secondary N) is 2. The molecular weight excluding hydrogens is 335 g/mol. The van der Waals surface area contributed by atoms with Gasteiger partial charge in [0.15, 0.2) is 5.78 Å². The summed E-state index contributed by atoms with van der Waals surface area (Å²) in [6.07, 6.45) is 0.399. The Morgan fingerprint density at radius 2 is 1.69 bits per heavy atom. The van der Waals surface area contributed by atoms with Gasteiger partial charge in [0, 0.05) is 16.7 Å². The second-order valence-corrected chi connectivity index (χ2v) is 6.77. The summed E-state index contributed by atoms with van der Waals surface area (Å²) in [6.45, 7) is 5.08. The summed E-state index contributed by atoms with van der Waals surface area (Å²) >= 11 is 0. The Morgan fingerprint density at radius 3 is 2.23 bits per heavy atom. The summed E-state index contributed by atoms with van der Waals surface area (Å²) in [5.41, 5.74) is 0.996. The molecule has 2 rings (SSSR count). The van der Waals surface area contributed by atoms with Crippen molar-refractivity contribution in [1.82, 2.24) is 10.6 Å². The molecule has 0 saturated heterocycles. The van der Waals surface area contributed by atoms with Crippen molar-refractivity contribution >= 4 is 24.6 Å². The molecule has 0 spiro atoms. The molecule has 0 aromatic heterocycles. The predicted molar refractivity (Wildman–Crippen MR) is 97.4 cm³/mol. The van der Waals surface area contributed by atoms with Crippen LogP contribution in [-0.2, 0) is 4.79 Å². The minimum atomic E-state index is -1.67. The number of rotatable bonds is 7.